The second-order valence-corrected chi connectivity index (χ2v) is 5.78. The van der Waals surface area contributed by atoms with E-state index < -0.39 is 5.97 Å². The van der Waals surface area contributed by atoms with Crippen LogP contribution in [0.5, 0.6) is 0 Å². The molecule has 4 nitrogen and oxygen atoms in total. The third kappa shape index (κ3) is 2.09. The van der Waals surface area contributed by atoms with Crippen LogP contribution in [0.1, 0.15) is 25.6 Å². The summed E-state index contributed by atoms with van der Waals surface area (Å²) < 4.78 is 0. The van der Waals surface area contributed by atoms with Crippen molar-refractivity contribution in [1.29, 1.82) is 0 Å². The number of amides is 1. The fourth-order valence-corrected chi connectivity index (χ4v) is 3.40. The first-order valence-electron chi connectivity index (χ1n) is 5.99. The lowest BCUT2D eigenvalue weighted by molar-refractivity contribution is 0.0696. The van der Waals surface area contributed by atoms with Crippen molar-refractivity contribution in [2.24, 2.45) is 0 Å². The van der Waals surface area contributed by atoms with E-state index in [4.69, 9.17) is 16.7 Å². The van der Waals surface area contributed by atoms with Crippen molar-refractivity contribution in [1.82, 2.24) is 0 Å². The van der Waals surface area contributed by atoms with E-state index in [-0.39, 0.29) is 11.5 Å². The number of fused-ring (bicyclic) bond motifs is 1. The van der Waals surface area contributed by atoms with E-state index in [9.17, 15) is 9.59 Å². The smallest absolute Gasteiger partial charge is 0.335 e. The van der Waals surface area contributed by atoms with Crippen molar-refractivity contribution < 1.29 is 14.7 Å². The Morgan fingerprint density at radius 1 is 1.30 bits per heavy atom. The van der Waals surface area contributed by atoms with Gasteiger partial charge in [-0.05, 0) is 41.6 Å². The summed E-state index contributed by atoms with van der Waals surface area (Å²) in [6.45, 7) is 0.547. The summed E-state index contributed by atoms with van der Waals surface area (Å²) in [6, 6.07) is 6.53. The van der Waals surface area contributed by atoms with Gasteiger partial charge in [-0.1, -0.05) is 11.6 Å². The van der Waals surface area contributed by atoms with Crippen molar-refractivity contribution in [3.63, 3.8) is 0 Å². The summed E-state index contributed by atoms with van der Waals surface area (Å²) in [4.78, 5) is 25.6. The molecule has 0 radical (unpaired) electrons. The monoisotopic (exact) mass is 307 g/mol. The summed E-state index contributed by atoms with van der Waals surface area (Å²) in [5.74, 6) is -1.09. The zero-order valence-electron chi connectivity index (χ0n) is 10.3. The van der Waals surface area contributed by atoms with Gasteiger partial charge < -0.3 is 10.0 Å². The predicted octanol–water partition coefficient (Wildman–Crippen LogP) is 3.30. The van der Waals surface area contributed by atoms with Crippen LogP contribution in [0.2, 0.25) is 5.02 Å². The molecule has 2 aromatic rings. The van der Waals surface area contributed by atoms with Gasteiger partial charge in [0.2, 0.25) is 0 Å². The SMILES string of the molecule is O=C(O)c1ccc2c(c1)CCN2C(=O)c1sccc1Cl. The number of rotatable bonds is 2. The first-order chi connectivity index (χ1) is 9.58. The van der Waals surface area contributed by atoms with Gasteiger partial charge in [0.15, 0.2) is 0 Å². The molecule has 0 aliphatic carbocycles. The van der Waals surface area contributed by atoms with E-state index in [0.717, 1.165) is 11.3 Å². The standard InChI is InChI=1S/C14H10ClNO3S/c15-10-4-6-20-12(10)13(17)16-5-3-8-7-9(14(18)19)1-2-11(8)16/h1-2,4,6-7H,3,5H2,(H,18,19). The van der Waals surface area contributed by atoms with Gasteiger partial charge in [0, 0.05) is 12.2 Å². The van der Waals surface area contributed by atoms with Crippen LogP contribution in [-0.2, 0) is 6.42 Å². The maximum atomic E-state index is 12.4. The highest BCUT2D eigenvalue weighted by atomic mass is 35.5. The van der Waals surface area contributed by atoms with E-state index in [1.807, 2.05) is 0 Å². The number of aromatic carboxylic acids is 1. The highest BCUT2D eigenvalue weighted by Gasteiger charge is 2.28. The predicted molar refractivity (Wildman–Crippen MR) is 78.1 cm³/mol. The lowest BCUT2D eigenvalue weighted by atomic mass is 10.1. The Bertz CT molecular complexity index is 710. The summed E-state index contributed by atoms with van der Waals surface area (Å²) >= 11 is 7.30. The number of benzene rings is 1. The summed E-state index contributed by atoms with van der Waals surface area (Å²) in [6.07, 6.45) is 0.658. The molecular weight excluding hydrogens is 298 g/mol. The van der Waals surface area contributed by atoms with Gasteiger partial charge in [0.05, 0.1) is 10.6 Å². The zero-order valence-corrected chi connectivity index (χ0v) is 11.9. The first-order valence-corrected chi connectivity index (χ1v) is 7.25. The summed E-state index contributed by atoms with van der Waals surface area (Å²) in [5, 5.41) is 11.2. The molecule has 6 heteroatoms. The van der Waals surface area contributed by atoms with E-state index in [2.05, 4.69) is 0 Å². The number of thiophene rings is 1. The van der Waals surface area contributed by atoms with E-state index in [1.54, 1.807) is 28.5 Å². The topological polar surface area (TPSA) is 57.6 Å². The molecule has 0 unspecified atom stereocenters. The van der Waals surface area contributed by atoms with Gasteiger partial charge in [-0.25, -0.2) is 4.79 Å². The molecule has 1 aromatic heterocycles. The van der Waals surface area contributed by atoms with Crippen LogP contribution in [-0.4, -0.2) is 23.5 Å². The Balaban J connectivity index is 1.96. The first kappa shape index (κ1) is 13.1. The van der Waals surface area contributed by atoms with Gasteiger partial charge in [-0.15, -0.1) is 11.3 Å². The molecule has 1 aliphatic rings. The van der Waals surface area contributed by atoms with E-state index in [0.29, 0.717) is 22.9 Å². The van der Waals surface area contributed by atoms with Gasteiger partial charge in [-0.3, -0.25) is 4.79 Å². The number of hydrogen-bond donors (Lipinski definition) is 1. The van der Waals surface area contributed by atoms with Gasteiger partial charge in [0.25, 0.3) is 5.91 Å². The number of carboxylic acids is 1. The van der Waals surface area contributed by atoms with Crippen molar-refractivity contribution in [3.05, 3.63) is 50.7 Å². The van der Waals surface area contributed by atoms with Crippen LogP contribution in [0.4, 0.5) is 5.69 Å². The van der Waals surface area contributed by atoms with Crippen molar-refractivity contribution in [2.75, 3.05) is 11.4 Å². The molecule has 1 amide bonds. The molecule has 0 saturated heterocycles. The number of carbonyl (C=O) groups is 2. The molecule has 0 spiro atoms. The minimum absolute atomic E-state index is 0.133. The third-order valence-corrected chi connectivity index (χ3v) is 4.61. The van der Waals surface area contributed by atoms with Crippen LogP contribution < -0.4 is 4.90 Å². The highest BCUT2D eigenvalue weighted by molar-refractivity contribution is 7.12. The second-order valence-electron chi connectivity index (χ2n) is 4.45. The van der Waals surface area contributed by atoms with Crippen LogP contribution in [0, 0.1) is 0 Å². The van der Waals surface area contributed by atoms with Crippen LogP contribution in [0.3, 0.4) is 0 Å². The third-order valence-electron chi connectivity index (χ3n) is 3.28. The molecule has 0 saturated carbocycles. The quantitative estimate of drug-likeness (QED) is 0.926. The average Bonchev–Trinajstić information content (AvgIpc) is 3.03. The van der Waals surface area contributed by atoms with Crippen molar-refractivity contribution >= 4 is 40.5 Å². The molecule has 0 atom stereocenters. The Morgan fingerprint density at radius 2 is 2.10 bits per heavy atom. The zero-order chi connectivity index (χ0) is 14.3. The minimum atomic E-state index is -0.959. The summed E-state index contributed by atoms with van der Waals surface area (Å²) in [5.41, 5.74) is 1.89. The Kier molecular flexibility index (Phi) is 3.23. The molecule has 0 fully saturated rings. The van der Waals surface area contributed by atoms with Crippen LogP contribution in [0.15, 0.2) is 29.6 Å². The van der Waals surface area contributed by atoms with Gasteiger partial charge in [0.1, 0.15) is 4.88 Å². The number of carboxylic acid groups (broad SMARTS) is 1. The molecule has 1 N–H and O–H groups in total. The lowest BCUT2D eigenvalue weighted by Gasteiger charge is -2.16. The molecule has 20 heavy (non-hydrogen) atoms. The molecule has 102 valence electrons. The average molecular weight is 308 g/mol. The summed E-state index contributed by atoms with van der Waals surface area (Å²) in [7, 11) is 0. The van der Waals surface area contributed by atoms with Crippen LogP contribution in [0.25, 0.3) is 0 Å². The second kappa shape index (κ2) is 4.92. The molecule has 0 bridgehead atoms. The molecule has 3 rings (SSSR count). The van der Waals surface area contributed by atoms with Crippen molar-refractivity contribution in [3.8, 4) is 0 Å². The maximum absolute atomic E-state index is 12.4. The Morgan fingerprint density at radius 3 is 2.75 bits per heavy atom. The van der Waals surface area contributed by atoms with Gasteiger partial charge in [-0.2, -0.15) is 0 Å². The largest absolute Gasteiger partial charge is 0.478 e. The molecular formula is C14H10ClNO3S. The number of hydrogen-bond acceptors (Lipinski definition) is 3. The van der Waals surface area contributed by atoms with E-state index in [1.165, 1.54) is 17.4 Å². The fourth-order valence-electron chi connectivity index (χ4n) is 2.31. The number of anilines is 1. The van der Waals surface area contributed by atoms with E-state index >= 15 is 0 Å². The Labute approximate surface area is 124 Å². The van der Waals surface area contributed by atoms with Crippen molar-refractivity contribution in [2.45, 2.75) is 6.42 Å². The lowest BCUT2D eigenvalue weighted by Crippen LogP contribution is -2.28. The number of carbonyl (C=O) groups excluding carboxylic acids is 1. The minimum Gasteiger partial charge on any atom is -0.478 e. The van der Waals surface area contributed by atoms with Gasteiger partial charge >= 0.3 is 5.97 Å². The number of nitrogens with zero attached hydrogens (tertiary/aromatic N) is 1. The molecule has 2 heterocycles. The maximum Gasteiger partial charge on any atom is 0.335 e. The normalized spacial score (nSPS) is 13.3. The van der Waals surface area contributed by atoms with Crippen LogP contribution >= 0.6 is 22.9 Å². The fraction of sp³-hybridized carbons (Fsp3) is 0.143. The Hall–Kier alpha value is -1.85. The highest BCUT2D eigenvalue weighted by Crippen LogP contribution is 2.32. The molecule has 1 aliphatic heterocycles. The number of halogens is 1. The molecule has 1 aromatic carbocycles.